The first kappa shape index (κ1) is 16.7. The van der Waals surface area contributed by atoms with E-state index in [1.165, 1.54) is 30.3 Å². The summed E-state index contributed by atoms with van der Waals surface area (Å²) in [4.78, 5) is 17.5. The highest BCUT2D eigenvalue weighted by atomic mass is 19.1. The van der Waals surface area contributed by atoms with Crippen molar-refractivity contribution in [2.45, 2.75) is 0 Å². The number of aliphatic hydroxyl groups excluding tert-OH is 1. The third kappa shape index (κ3) is 3.22. The molecule has 0 amide bonds. The number of nitrogens with zero attached hydrogens (tertiary/aromatic N) is 2. The molecule has 1 aromatic heterocycles. The van der Waals surface area contributed by atoms with Gasteiger partial charge in [-0.05, 0) is 48.5 Å². The number of aromatic nitrogens is 2. The lowest BCUT2D eigenvalue weighted by molar-refractivity contribution is 0.515. The number of benzene rings is 3. The van der Waals surface area contributed by atoms with Gasteiger partial charge in [0.1, 0.15) is 17.3 Å². The van der Waals surface area contributed by atoms with Crippen LogP contribution in [-0.2, 0) is 0 Å². The van der Waals surface area contributed by atoms with Gasteiger partial charge >= 0.3 is 0 Å². The maximum atomic E-state index is 13.1. The molecule has 0 fully saturated rings. The van der Waals surface area contributed by atoms with Crippen LogP contribution in [0.3, 0.4) is 0 Å². The van der Waals surface area contributed by atoms with Gasteiger partial charge in [0.15, 0.2) is 0 Å². The van der Waals surface area contributed by atoms with Gasteiger partial charge in [-0.25, -0.2) is 9.37 Å². The van der Waals surface area contributed by atoms with Crippen LogP contribution in [-0.4, -0.2) is 14.7 Å². The molecule has 4 nitrogen and oxygen atoms in total. The van der Waals surface area contributed by atoms with Crippen molar-refractivity contribution in [3.05, 3.63) is 106 Å². The molecule has 27 heavy (non-hydrogen) atoms. The van der Waals surface area contributed by atoms with Crippen LogP contribution in [0.5, 0.6) is 0 Å². The van der Waals surface area contributed by atoms with Crippen molar-refractivity contribution in [3.8, 4) is 5.69 Å². The Morgan fingerprint density at radius 3 is 2.33 bits per heavy atom. The molecule has 0 atom stereocenters. The molecule has 0 aliphatic heterocycles. The zero-order valence-corrected chi connectivity index (χ0v) is 14.2. The van der Waals surface area contributed by atoms with Crippen LogP contribution < -0.4 is 5.56 Å². The number of halogens is 1. The fraction of sp³-hybridized carbons (Fsp3) is 0. The van der Waals surface area contributed by atoms with E-state index in [-0.39, 0.29) is 17.0 Å². The Bertz CT molecular complexity index is 1200. The smallest absolute Gasteiger partial charge is 0.281 e. The lowest BCUT2D eigenvalue weighted by Gasteiger charge is -2.11. The first-order valence-corrected chi connectivity index (χ1v) is 8.37. The molecule has 0 saturated carbocycles. The van der Waals surface area contributed by atoms with E-state index in [1.54, 1.807) is 10.6 Å². The van der Waals surface area contributed by atoms with Gasteiger partial charge in [-0.1, -0.05) is 30.3 Å². The Balaban J connectivity index is 1.94. The molecular formula is C22H15FN2O2. The van der Waals surface area contributed by atoms with Crippen LogP contribution >= 0.6 is 0 Å². The van der Waals surface area contributed by atoms with Gasteiger partial charge in [-0.15, -0.1) is 0 Å². The lowest BCUT2D eigenvalue weighted by atomic mass is 10.1. The molecule has 132 valence electrons. The molecule has 1 N–H and O–H groups in total. The topological polar surface area (TPSA) is 55.1 Å². The summed E-state index contributed by atoms with van der Waals surface area (Å²) in [5.41, 5.74) is 2.15. The van der Waals surface area contributed by atoms with E-state index in [9.17, 15) is 14.3 Å². The second kappa shape index (κ2) is 6.88. The predicted molar refractivity (Wildman–Crippen MR) is 104 cm³/mol. The zero-order valence-electron chi connectivity index (χ0n) is 14.2. The molecule has 0 radical (unpaired) electrons. The van der Waals surface area contributed by atoms with Gasteiger partial charge in [-0.2, -0.15) is 0 Å². The van der Waals surface area contributed by atoms with E-state index in [0.29, 0.717) is 22.3 Å². The van der Waals surface area contributed by atoms with Crippen LogP contribution in [0.2, 0.25) is 0 Å². The molecule has 1 heterocycles. The van der Waals surface area contributed by atoms with Crippen molar-refractivity contribution >= 4 is 22.9 Å². The van der Waals surface area contributed by atoms with Crippen molar-refractivity contribution in [1.82, 2.24) is 9.55 Å². The summed E-state index contributed by atoms with van der Waals surface area (Å²) >= 11 is 0. The van der Waals surface area contributed by atoms with Crippen molar-refractivity contribution in [2.24, 2.45) is 0 Å². The first-order chi connectivity index (χ1) is 13.1. The standard InChI is InChI=1S/C22H15FN2O2/c23-16-12-10-15(11-13-16)21(26)14-19-22(27)25(17-6-2-1-3-7-17)20-9-5-4-8-18(20)24-19/h1-14,26H. The molecule has 3 aromatic carbocycles. The minimum atomic E-state index is -0.401. The quantitative estimate of drug-likeness (QED) is 0.545. The summed E-state index contributed by atoms with van der Waals surface area (Å²) in [6.45, 7) is 0. The molecule has 4 aromatic rings. The Hall–Kier alpha value is -3.73. The summed E-state index contributed by atoms with van der Waals surface area (Å²) in [5, 5.41) is 10.4. The van der Waals surface area contributed by atoms with Crippen LogP contribution in [0.25, 0.3) is 28.6 Å². The number of hydrogen-bond donors (Lipinski definition) is 1. The Morgan fingerprint density at radius 2 is 1.59 bits per heavy atom. The maximum Gasteiger partial charge on any atom is 0.281 e. The summed E-state index contributed by atoms with van der Waals surface area (Å²) in [7, 11) is 0. The number of fused-ring (bicyclic) bond motifs is 1. The monoisotopic (exact) mass is 358 g/mol. The van der Waals surface area contributed by atoms with Crippen LogP contribution in [0, 0.1) is 5.82 Å². The average molecular weight is 358 g/mol. The van der Waals surface area contributed by atoms with Crippen molar-refractivity contribution in [3.63, 3.8) is 0 Å². The largest absolute Gasteiger partial charge is 0.507 e. The predicted octanol–water partition coefficient (Wildman–Crippen LogP) is 4.58. The lowest BCUT2D eigenvalue weighted by Crippen LogP contribution is -2.22. The fourth-order valence-electron chi connectivity index (χ4n) is 2.91. The second-order valence-electron chi connectivity index (χ2n) is 6.00. The van der Waals surface area contributed by atoms with Gasteiger partial charge in [0.25, 0.3) is 5.56 Å². The van der Waals surface area contributed by atoms with E-state index in [1.807, 2.05) is 48.5 Å². The molecule has 0 bridgehead atoms. The highest BCUT2D eigenvalue weighted by Gasteiger charge is 2.12. The van der Waals surface area contributed by atoms with Gasteiger partial charge in [0.2, 0.25) is 0 Å². The van der Waals surface area contributed by atoms with Crippen LogP contribution in [0.1, 0.15) is 11.3 Å². The molecule has 0 unspecified atom stereocenters. The van der Waals surface area contributed by atoms with Gasteiger partial charge < -0.3 is 5.11 Å². The highest BCUT2D eigenvalue weighted by molar-refractivity contribution is 5.81. The van der Waals surface area contributed by atoms with E-state index < -0.39 is 5.82 Å². The van der Waals surface area contributed by atoms with E-state index in [4.69, 9.17) is 0 Å². The maximum absolute atomic E-state index is 13.1. The summed E-state index contributed by atoms with van der Waals surface area (Å²) in [6, 6.07) is 21.9. The number of para-hydroxylation sites is 3. The van der Waals surface area contributed by atoms with Gasteiger partial charge in [-0.3, -0.25) is 9.36 Å². The third-order valence-electron chi connectivity index (χ3n) is 4.21. The summed E-state index contributed by atoms with van der Waals surface area (Å²) in [5.74, 6) is -0.559. The first-order valence-electron chi connectivity index (χ1n) is 8.37. The molecule has 5 heteroatoms. The van der Waals surface area contributed by atoms with Crippen molar-refractivity contribution < 1.29 is 9.50 Å². The van der Waals surface area contributed by atoms with E-state index >= 15 is 0 Å². The van der Waals surface area contributed by atoms with Crippen LogP contribution in [0.15, 0.2) is 83.7 Å². The number of aliphatic hydroxyl groups is 1. The minimum absolute atomic E-state index is 0.0966. The summed E-state index contributed by atoms with van der Waals surface area (Å²) < 4.78 is 14.7. The third-order valence-corrected chi connectivity index (χ3v) is 4.21. The van der Waals surface area contributed by atoms with Crippen LogP contribution in [0.4, 0.5) is 4.39 Å². The van der Waals surface area contributed by atoms with Gasteiger partial charge in [0, 0.05) is 17.3 Å². The molecule has 0 aliphatic rings. The van der Waals surface area contributed by atoms with Crippen molar-refractivity contribution in [1.29, 1.82) is 0 Å². The Morgan fingerprint density at radius 1 is 0.926 bits per heavy atom. The average Bonchev–Trinajstić information content (AvgIpc) is 2.70. The molecule has 0 spiro atoms. The summed E-state index contributed by atoms with van der Waals surface area (Å²) in [6.07, 6.45) is 1.31. The second-order valence-corrected chi connectivity index (χ2v) is 6.00. The molecule has 0 saturated heterocycles. The van der Waals surface area contributed by atoms with E-state index in [0.717, 1.165) is 0 Å². The Kier molecular flexibility index (Phi) is 4.26. The van der Waals surface area contributed by atoms with Gasteiger partial charge in [0.05, 0.1) is 11.0 Å². The molecule has 4 rings (SSSR count). The SMILES string of the molecule is O=c1c(C=C(O)c2ccc(F)cc2)nc2ccccc2n1-c1ccccc1. The normalized spacial score (nSPS) is 11.7. The number of rotatable bonds is 3. The molecular weight excluding hydrogens is 343 g/mol. The minimum Gasteiger partial charge on any atom is -0.507 e. The fourth-order valence-corrected chi connectivity index (χ4v) is 2.91. The molecule has 0 aliphatic carbocycles. The van der Waals surface area contributed by atoms with E-state index in [2.05, 4.69) is 4.98 Å². The number of hydrogen-bond acceptors (Lipinski definition) is 3. The zero-order chi connectivity index (χ0) is 18.8. The van der Waals surface area contributed by atoms with Crippen molar-refractivity contribution in [2.75, 3.05) is 0 Å². The highest BCUT2D eigenvalue weighted by Crippen LogP contribution is 2.18. The Labute approximate surface area is 154 Å².